The van der Waals surface area contributed by atoms with E-state index in [1.54, 1.807) is 0 Å². The Bertz CT molecular complexity index is 388. The number of aryl methyl sites for hydroxylation is 1. The van der Waals surface area contributed by atoms with Crippen molar-refractivity contribution in [2.45, 2.75) is 51.2 Å². The van der Waals surface area contributed by atoms with E-state index in [-0.39, 0.29) is 0 Å². The summed E-state index contributed by atoms with van der Waals surface area (Å²) in [7, 11) is 0. The lowest BCUT2D eigenvalue weighted by atomic mass is 9.95. The molecule has 1 saturated carbocycles. The molecule has 1 aliphatic rings. The Hall–Kier alpha value is -0.570. The molecular weight excluding hydrogens is 246 g/mol. The minimum absolute atomic E-state index is 0.442. The number of nitrogens with one attached hydrogen (secondary N) is 1. The van der Waals surface area contributed by atoms with Gasteiger partial charge >= 0.3 is 0 Å². The van der Waals surface area contributed by atoms with Crippen LogP contribution < -0.4 is 5.32 Å². The molecule has 2 N–H and O–H groups in total. The van der Waals surface area contributed by atoms with E-state index >= 15 is 0 Å². The van der Waals surface area contributed by atoms with Crippen molar-refractivity contribution in [3.8, 4) is 0 Å². The molecule has 1 aromatic carbocycles. The molecule has 100 valence electrons. The molecule has 1 fully saturated rings. The number of halogens is 1. The summed E-state index contributed by atoms with van der Waals surface area (Å²) >= 11 is 5.99. The van der Waals surface area contributed by atoms with E-state index in [0.717, 1.165) is 16.1 Å². The van der Waals surface area contributed by atoms with Gasteiger partial charge in [0, 0.05) is 17.6 Å². The van der Waals surface area contributed by atoms with Crippen molar-refractivity contribution < 1.29 is 5.11 Å². The number of rotatable bonds is 4. The Balaban J connectivity index is 1.86. The Labute approximate surface area is 114 Å². The van der Waals surface area contributed by atoms with E-state index in [9.17, 15) is 5.11 Å². The highest BCUT2D eigenvalue weighted by Crippen LogP contribution is 2.22. The standard InChI is InChI=1S/C15H22ClNO/c1-11-9-12(7-8-14(11)16)15(18)10-17-13-5-3-2-4-6-13/h7-9,13,15,17-18H,2-6,10H2,1H3. The fourth-order valence-corrected chi connectivity index (χ4v) is 2.70. The molecule has 1 atom stereocenters. The molecule has 0 saturated heterocycles. The average molecular weight is 268 g/mol. The van der Waals surface area contributed by atoms with Crippen molar-refractivity contribution in [3.63, 3.8) is 0 Å². The van der Waals surface area contributed by atoms with Gasteiger partial charge in [-0.25, -0.2) is 0 Å². The first kappa shape index (κ1) is 13.9. The van der Waals surface area contributed by atoms with Gasteiger partial charge in [-0.3, -0.25) is 0 Å². The molecule has 2 rings (SSSR count). The maximum Gasteiger partial charge on any atom is 0.0914 e. The Kier molecular flexibility index (Phi) is 5.04. The fraction of sp³-hybridized carbons (Fsp3) is 0.600. The third kappa shape index (κ3) is 3.71. The maximum atomic E-state index is 10.2. The number of aliphatic hydroxyl groups is 1. The Morgan fingerprint density at radius 1 is 1.33 bits per heavy atom. The highest BCUT2D eigenvalue weighted by Gasteiger charge is 2.15. The van der Waals surface area contributed by atoms with Gasteiger partial charge < -0.3 is 10.4 Å². The SMILES string of the molecule is Cc1cc(C(O)CNC2CCCCC2)ccc1Cl. The second kappa shape index (κ2) is 6.55. The molecule has 0 radical (unpaired) electrons. The number of hydrogen-bond acceptors (Lipinski definition) is 2. The largest absolute Gasteiger partial charge is 0.387 e. The lowest BCUT2D eigenvalue weighted by Crippen LogP contribution is -2.34. The van der Waals surface area contributed by atoms with Gasteiger partial charge in [0.15, 0.2) is 0 Å². The smallest absolute Gasteiger partial charge is 0.0914 e. The number of aliphatic hydroxyl groups excluding tert-OH is 1. The molecule has 1 aromatic rings. The van der Waals surface area contributed by atoms with Crippen LogP contribution in [0.4, 0.5) is 0 Å². The quantitative estimate of drug-likeness (QED) is 0.874. The topological polar surface area (TPSA) is 32.3 Å². The minimum Gasteiger partial charge on any atom is -0.387 e. The predicted molar refractivity (Wildman–Crippen MR) is 76.0 cm³/mol. The van der Waals surface area contributed by atoms with E-state index in [0.29, 0.717) is 12.6 Å². The zero-order chi connectivity index (χ0) is 13.0. The van der Waals surface area contributed by atoms with Crippen LogP contribution in [-0.4, -0.2) is 17.7 Å². The first-order valence-corrected chi connectivity index (χ1v) is 7.22. The van der Waals surface area contributed by atoms with E-state index < -0.39 is 6.10 Å². The van der Waals surface area contributed by atoms with Crippen molar-refractivity contribution in [2.24, 2.45) is 0 Å². The van der Waals surface area contributed by atoms with Crippen LogP contribution in [-0.2, 0) is 0 Å². The van der Waals surface area contributed by atoms with Crippen LogP contribution in [0.1, 0.15) is 49.3 Å². The lowest BCUT2D eigenvalue weighted by molar-refractivity contribution is 0.165. The van der Waals surface area contributed by atoms with Gasteiger partial charge in [-0.1, -0.05) is 43.0 Å². The molecule has 1 aliphatic carbocycles. The van der Waals surface area contributed by atoms with Gasteiger partial charge in [-0.15, -0.1) is 0 Å². The molecule has 1 unspecified atom stereocenters. The third-order valence-electron chi connectivity index (χ3n) is 3.77. The number of benzene rings is 1. The third-order valence-corrected chi connectivity index (χ3v) is 4.20. The molecular formula is C15H22ClNO. The first-order valence-electron chi connectivity index (χ1n) is 6.84. The van der Waals surface area contributed by atoms with Crippen molar-refractivity contribution in [1.29, 1.82) is 0 Å². The highest BCUT2D eigenvalue weighted by atomic mass is 35.5. The van der Waals surface area contributed by atoms with Crippen LogP contribution in [0, 0.1) is 6.92 Å². The summed E-state index contributed by atoms with van der Waals surface area (Å²) in [6, 6.07) is 6.32. The van der Waals surface area contributed by atoms with Crippen LogP contribution in [0.3, 0.4) is 0 Å². The monoisotopic (exact) mass is 267 g/mol. The van der Waals surface area contributed by atoms with Gasteiger partial charge in [0.25, 0.3) is 0 Å². The number of hydrogen-bond donors (Lipinski definition) is 2. The average Bonchev–Trinajstić information content (AvgIpc) is 2.40. The molecule has 0 heterocycles. The normalized spacial score (nSPS) is 18.8. The summed E-state index contributed by atoms with van der Waals surface area (Å²) in [5.74, 6) is 0. The van der Waals surface area contributed by atoms with Crippen molar-refractivity contribution >= 4 is 11.6 Å². The van der Waals surface area contributed by atoms with Crippen molar-refractivity contribution in [1.82, 2.24) is 5.32 Å². The summed E-state index contributed by atoms with van der Waals surface area (Å²) in [5, 5.41) is 14.4. The Morgan fingerprint density at radius 3 is 2.72 bits per heavy atom. The fourth-order valence-electron chi connectivity index (χ4n) is 2.58. The zero-order valence-electron chi connectivity index (χ0n) is 11.0. The minimum atomic E-state index is -0.442. The Morgan fingerprint density at radius 2 is 2.06 bits per heavy atom. The zero-order valence-corrected chi connectivity index (χ0v) is 11.7. The summed E-state index contributed by atoms with van der Waals surface area (Å²) in [6.45, 7) is 2.60. The highest BCUT2D eigenvalue weighted by molar-refractivity contribution is 6.31. The van der Waals surface area contributed by atoms with Crippen LogP contribution in [0.15, 0.2) is 18.2 Å². The lowest BCUT2D eigenvalue weighted by Gasteiger charge is -2.24. The summed E-state index contributed by atoms with van der Waals surface area (Å²) in [6.07, 6.45) is 6.03. The summed E-state index contributed by atoms with van der Waals surface area (Å²) in [4.78, 5) is 0. The van der Waals surface area contributed by atoms with E-state index in [1.807, 2.05) is 25.1 Å². The van der Waals surface area contributed by atoms with Crippen LogP contribution in [0.2, 0.25) is 5.02 Å². The second-order valence-corrected chi connectivity index (χ2v) is 5.67. The maximum absolute atomic E-state index is 10.2. The molecule has 0 aliphatic heterocycles. The van der Waals surface area contributed by atoms with E-state index in [2.05, 4.69) is 5.32 Å². The summed E-state index contributed by atoms with van der Waals surface area (Å²) < 4.78 is 0. The van der Waals surface area contributed by atoms with Gasteiger partial charge in [0.2, 0.25) is 0 Å². The first-order chi connectivity index (χ1) is 8.66. The van der Waals surface area contributed by atoms with Gasteiger partial charge in [-0.2, -0.15) is 0 Å². The molecule has 18 heavy (non-hydrogen) atoms. The van der Waals surface area contributed by atoms with Gasteiger partial charge in [0.1, 0.15) is 0 Å². The summed E-state index contributed by atoms with van der Waals surface area (Å²) in [5.41, 5.74) is 1.96. The van der Waals surface area contributed by atoms with Gasteiger partial charge in [-0.05, 0) is 37.0 Å². The van der Waals surface area contributed by atoms with Crippen molar-refractivity contribution in [3.05, 3.63) is 34.3 Å². The predicted octanol–water partition coefficient (Wildman–Crippen LogP) is 3.60. The van der Waals surface area contributed by atoms with Crippen LogP contribution in [0.25, 0.3) is 0 Å². The molecule has 0 aromatic heterocycles. The second-order valence-electron chi connectivity index (χ2n) is 5.27. The molecule has 2 nitrogen and oxygen atoms in total. The molecule has 0 bridgehead atoms. The van der Waals surface area contributed by atoms with Crippen LogP contribution in [0.5, 0.6) is 0 Å². The molecule has 0 amide bonds. The van der Waals surface area contributed by atoms with E-state index in [1.165, 1.54) is 32.1 Å². The van der Waals surface area contributed by atoms with Crippen LogP contribution >= 0.6 is 11.6 Å². The molecule has 0 spiro atoms. The van der Waals surface area contributed by atoms with Gasteiger partial charge in [0.05, 0.1) is 6.10 Å². The van der Waals surface area contributed by atoms with E-state index in [4.69, 9.17) is 11.6 Å². The molecule has 3 heteroatoms. The van der Waals surface area contributed by atoms with Crippen molar-refractivity contribution in [2.75, 3.05) is 6.54 Å².